The number of hydrogen-bond donors (Lipinski definition) is 2. The molecule has 2 N–H and O–H groups in total. The Morgan fingerprint density at radius 3 is 2.76 bits per heavy atom. The highest BCUT2D eigenvalue weighted by Gasteiger charge is 2.10. The number of anilines is 1. The highest BCUT2D eigenvalue weighted by molar-refractivity contribution is 5.94. The molecule has 1 amide bonds. The van der Waals surface area contributed by atoms with Gasteiger partial charge in [-0.1, -0.05) is 6.92 Å². The maximum absolute atomic E-state index is 12.3. The Morgan fingerprint density at radius 2 is 2.14 bits per heavy atom. The molecule has 0 atom stereocenters. The summed E-state index contributed by atoms with van der Waals surface area (Å²) in [6.45, 7) is 5.25. The molecule has 6 heteroatoms. The van der Waals surface area contributed by atoms with Crippen LogP contribution in [0.15, 0.2) is 24.4 Å². The van der Waals surface area contributed by atoms with Crippen LogP contribution in [-0.4, -0.2) is 27.2 Å². The molecule has 2 aromatic rings. The van der Waals surface area contributed by atoms with E-state index in [1.807, 2.05) is 33.0 Å². The number of nitrogens with one attached hydrogen (secondary N) is 2. The number of aromatic nitrogens is 3. The van der Waals surface area contributed by atoms with Gasteiger partial charge in [-0.05, 0) is 31.5 Å². The number of hydrogen-bond acceptors (Lipinski definition) is 4. The number of aryl methyl sites for hydroxylation is 2. The van der Waals surface area contributed by atoms with Gasteiger partial charge in [-0.25, -0.2) is 4.98 Å². The standard InChI is InChI=1S/C15H21N5O/c1-4-12-8-11(9-14(19-12)16-5-2)15(21)17-10-13-6-7-18-20(13)3/h6-9H,4-5,10H2,1-3H3,(H,16,19)(H,17,21). The minimum atomic E-state index is -0.104. The number of rotatable bonds is 6. The third-order valence-electron chi connectivity index (χ3n) is 3.21. The van der Waals surface area contributed by atoms with Gasteiger partial charge < -0.3 is 10.6 Å². The fourth-order valence-electron chi connectivity index (χ4n) is 2.02. The molecule has 0 aliphatic carbocycles. The number of nitrogens with zero attached hydrogens (tertiary/aromatic N) is 3. The van der Waals surface area contributed by atoms with Crippen molar-refractivity contribution in [2.45, 2.75) is 26.8 Å². The Balaban J connectivity index is 2.10. The quantitative estimate of drug-likeness (QED) is 0.849. The average molecular weight is 287 g/mol. The predicted octanol–water partition coefficient (Wildman–Crippen LogP) is 1.74. The second kappa shape index (κ2) is 6.88. The van der Waals surface area contributed by atoms with Crippen molar-refractivity contribution in [3.8, 4) is 0 Å². The molecule has 0 aliphatic heterocycles. The second-order valence-electron chi connectivity index (χ2n) is 4.75. The molecular weight excluding hydrogens is 266 g/mol. The Labute approximate surface area is 124 Å². The van der Waals surface area contributed by atoms with Crippen molar-refractivity contribution in [1.29, 1.82) is 0 Å². The van der Waals surface area contributed by atoms with E-state index in [0.29, 0.717) is 12.1 Å². The molecule has 2 rings (SSSR count). The van der Waals surface area contributed by atoms with E-state index in [1.165, 1.54) is 0 Å². The largest absolute Gasteiger partial charge is 0.370 e. The Kier molecular flexibility index (Phi) is 4.92. The van der Waals surface area contributed by atoms with Gasteiger partial charge >= 0.3 is 0 Å². The van der Waals surface area contributed by atoms with Gasteiger partial charge in [-0.2, -0.15) is 5.10 Å². The van der Waals surface area contributed by atoms with Gasteiger partial charge in [0.2, 0.25) is 0 Å². The van der Waals surface area contributed by atoms with Crippen LogP contribution in [0, 0.1) is 0 Å². The number of carbonyl (C=O) groups excluding carboxylic acids is 1. The zero-order valence-electron chi connectivity index (χ0n) is 12.7. The highest BCUT2D eigenvalue weighted by Crippen LogP contribution is 2.11. The molecule has 0 saturated carbocycles. The highest BCUT2D eigenvalue weighted by atomic mass is 16.1. The van der Waals surface area contributed by atoms with E-state index in [9.17, 15) is 4.79 Å². The fourth-order valence-corrected chi connectivity index (χ4v) is 2.02. The van der Waals surface area contributed by atoms with Gasteiger partial charge in [-0.15, -0.1) is 0 Å². The first-order valence-electron chi connectivity index (χ1n) is 7.14. The van der Waals surface area contributed by atoms with Crippen molar-refractivity contribution in [2.75, 3.05) is 11.9 Å². The summed E-state index contributed by atoms with van der Waals surface area (Å²) in [5.41, 5.74) is 2.49. The van der Waals surface area contributed by atoms with Crippen molar-refractivity contribution < 1.29 is 4.79 Å². The van der Waals surface area contributed by atoms with Crippen LogP contribution in [0.1, 0.15) is 35.6 Å². The number of amides is 1. The molecule has 21 heavy (non-hydrogen) atoms. The first kappa shape index (κ1) is 15.0. The van der Waals surface area contributed by atoms with Gasteiger partial charge in [0.25, 0.3) is 5.91 Å². The van der Waals surface area contributed by atoms with E-state index in [0.717, 1.165) is 30.2 Å². The lowest BCUT2D eigenvalue weighted by atomic mass is 10.1. The Morgan fingerprint density at radius 1 is 1.33 bits per heavy atom. The van der Waals surface area contributed by atoms with Crippen molar-refractivity contribution in [3.05, 3.63) is 41.3 Å². The van der Waals surface area contributed by atoms with Crippen LogP contribution < -0.4 is 10.6 Å². The summed E-state index contributed by atoms with van der Waals surface area (Å²) >= 11 is 0. The van der Waals surface area contributed by atoms with Gasteiger partial charge in [0.1, 0.15) is 5.82 Å². The monoisotopic (exact) mass is 287 g/mol. The van der Waals surface area contributed by atoms with Crippen LogP contribution in [-0.2, 0) is 20.0 Å². The molecule has 0 bridgehead atoms. The summed E-state index contributed by atoms with van der Waals surface area (Å²) in [7, 11) is 1.85. The molecule has 0 radical (unpaired) electrons. The molecule has 0 aliphatic rings. The minimum Gasteiger partial charge on any atom is -0.370 e. The average Bonchev–Trinajstić information content (AvgIpc) is 2.90. The summed E-state index contributed by atoms with van der Waals surface area (Å²) in [5.74, 6) is 0.634. The summed E-state index contributed by atoms with van der Waals surface area (Å²) in [6, 6.07) is 5.50. The molecule has 0 spiro atoms. The van der Waals surface area contributed by atoms with Gasteiger partial charge in [0.05, 0.1) is 12.2 Å². The first-order chi connectivity index (χ1) is 10.1. The SMILES string of the molecule is CCNc1cc(C(=O)NCc2ccnn2C)cc(CC)n1. The van der Waals surface area contributed by atoms with Crippen molar-refractivity contribution in [1.82, 2.24) is 20.1 Å². The molecule has 0 fully saturated rings. The molecule has 0 saturated heterocycles. The molecule has 6 nitrogen and oxygen atoms in total. The Bertz CT molecular complexity index is 620. The normalized spacial score (nSPS) is 10.4. The zero-order chi connectivity index (χ0) is 15.2. The van der Waals surface area contributed by atoms with E-state index < -0.39 is 0 Å². The van der Waals surface area contributed by atoms with Crippen LogP contribution in [0.2, 0.25) is 0 Å². The first-order valence-corrected chi connectivity index (χ1v) is 7.14. The van der Waals surface area contributed by atoms with E-state index >= 15 is 0 Å². The second-order valence-corrected chi connectivity index (χ2v) is 4.75. The molecule has 2 heterocycles. The van der Waals surface area contributed by atoms with E-state index in [2.05, 4.69) is 20.7 Å². The lowest BCUT2D eigenvalue weighted by Crippen LogP contribution is -2.24. The summed E-state index contributed by atoms with van der Waals surface area (Å²) < 4.78 is 1.74. The van der Waals surface area contributed by atoms with Crippen molar-refractivity contribution in [3.63, 3.8) is 0 Å². The minimum absolute atomic E-state index is 0.104. The van der Waals surface area contributed by atoms with Crippen LogP contribution in [0.25, 0.3) is 0 Å². The summed E-state index contributed by atoms with van der Waals surface area (Å²) in [5, 5.41) is 10.1. The summed E-state index contributed by atoms with van der Waals surface area (Å²) in [6.07, 6.45) is 2.51. The maximum atomic E-state index is 12.3. The number of carbonyl (C=O) groups is 1. The van der Waals surface area contributed by atoms with Crippen LogP contribution in [0.3, 0.4) is 0 Å². The van der Waals surface area contributed by atoms with Gasteiger partial charge in [0, 0.05) is 31.0 Å². The number of pyridine rings is 1. The molecule has 112 valence electrons. The third-order valence-corrected chi connectivity index (χ3v) is 3.21. The molecular formula is C15H21N5O. The van der Waals surface area contributed by atoms with Crippen LogP contribution in [0.5, 0.6) is 0 Å². The topological polar surface area (TPSA) is 71.8 Å². The van der Waals surface area contributed by atoms with E-state index in [4.69, 9.17) is 0 Å². The lowest BCUT2D eigenvalue weighted by Gasteiger charge is -2.10. The molecule has 0 aromatic carbocycles. The van der Waals surface area contributed by atoms with Crippen molar-refractivity contribution in [2.24, 2.45) is 7.05 Å². The van der Waals surface area contributed by atoms with Crippen LogP contribution >= 0.6 is 0 Å². The Hall–Kier alpha value is -2.37. The van der Waals surface area contributed by atoms with E-state index in [1.54, 1.807) is 16.9 Å². The zero-order valence-corrected chi connectivity index (χ0v) is 12.7. The van der Waals surface area contributed by atoms with Crippen molar-refractivity contribution >= 4 is 11.7 Å². The predicted molar refractivity (Wildman–Crippen MR) is 82.2 cm³/mol. The smallest absolute Gasteiger partial charge is 0.251 e. The third kappa shape index (κ3) is 3.81. The lowest BCUT2D eigenvalue weighted by molar-refractivity contribution is 0.0950. The fraction of sp³-hybridized carbons (Fsp3) is 0.400. The van der Waals surface area contributed by atoms with Gasteiger partial charge in [0.15, 0.2) is 0 Å². The van der Waals surface area contributed by atoms with E-state index in [-0.39, 0.29) is 5.91 Å². The van der Waals surface area contributed by atoms with Crippen LogP contribution in [0.4, 0.5) is 5.82 Å². The molecule has 2 aromatic heterocycles. The molecule has 0 unspecified atom stereocenters. The maximum Gasteiger partial charge on any atom is 0.251 e. The summed E-state index contributed by atoms with van der Waals surface area (Å²) in [4.78, 5) is 16.7. The van der Waals surface area contributed by atoms with Gasteiger partial charge in [-0.3, -0.25) is 9.48 Å².